The number of aromatic nitrogens is 4. The Kier molecular flexibility index (Phi) is 4.20. The standard InChI is InChI=1S/C15H20ClN5O/c1-3-5-21-9-12(16)13(19-21)15(22)20-6-4-11(8-20)14-17-7-10(2)18-14/h7,9,11H,3-6,8H2,1-2H3,(H,17,18)/t11-/m0/s1. The Morgan fingerprint density at radius 3 is 3.05 bits per heavy atom. The summed E-state index contributed by atoms with van der Waals surface area (Å²) < 4.78 is 1.74. The second-order valence-corrected chi connectivity index (χ2v) is 6.18. The van der Waals surface area contributed by atoms with Gasteiger partial charge in [0.25, 0.3) is 5.91 Å². The zero-order valence-electron chi connectivity index (χ0n) is 12.8. The number of carbonyl (C=O) groups is 1. The second kappa shape index (κ2) is 6.12. The number of amides is 1. The van der Waals surface area contributed by atoms with Gasteiger partial charge >= 0.3 is 0 Å². The van der Waals surface area contributed by atoms with E-state index < -0.39 is 0 Å². The van der Waals surface area contributed by atoms with E-state index in [-0.39, 0.29) is 11.8 Å². The fourth-order valence-electron chi connectivity index (χ4n) is 2.84. The molecule has 1 aliphatic heterocycles. The highest BCUT2D eigenvalue weighted by Gasteiger charge is 2.31. The molecule has 7 heteroatoms. The summed E-state index contributed by atoms with van der Waals surface area (Å²) in [7, 11) is 0. The van der Waals surface area contributed by atoms with Gasteiger partial charge < -0.3 is 9.88 Å². The molecule has 3 heterocycles. The molecule has 0 radical (unpaired) electrons. The van der Waals surface area contributed by atoms with Gasteiger partial charge in [-0.1, -0.05) is 18.5 Å². The maximum atomic E-state index is 12.6. The van der Waals surface area contributed by atoms with Crippen LogP contribution in [0.25, 0.3) is 0 Å². The number of carbonyl (C=O) groups excluding carboxylic acids is 1. The van der Waals surface area contributed by atoms with Crippen molar-refractivity contribution in [1.29, 1.82) is 0 Å². The van der Waals surface area contributed by atoms with Crippen molar-refractivity contribution in [2.45, 2.75) is 39.2 Å². The third-order valence-electron chi connectivity index (χ3n) is 3.96. The third kappa shape index (κ3) is 2.88. The predicted octanol–water partition coefficient (Wildman–Crippen LogP) is 2.61. The molecule has 0 aromatic carbocycles. The van der Waals surface area contributed by atoms with E-state index in [1.807, 2.05) is 18.0 Å². The molecule has 2 aromatic heterocycles. The molecule has 1 fully saturated rings. The highest BCUT2D eigenvalue weighted by atomic mass is 35.5. The summed E-state index contributed by atoms with van der Waals surface area (Å²) in [5.74, 6) is 1.12. The lowest BCUT2D eigenvalue weighted by Gasteiger charge is -2.14. The molecule has 3 rings (SSSR count). The lowest BCUT2D eigenvalue weighted by Crippen LogP contribution is -2.29. The van der Waals surface area contributed by atoms with Crippen LogP contribution in [0.1, 0.15) is 47.7 Å². The number of hydrogen-bond donors (Lipinski definition) is 1. The maximum absolute atomic E-state index is 12.6. The number of rotatable bonds is 4. The molecule has 6 nitrogen and oxygen atoms in total. The summed E-state index contributed by atoms with van der Waals surface area (Å²) in [4.78, 5) is 22.0. The van der Waals surface area contributed by atoms with Crippen LogP contribution in [0.3, 0.4) is 0 Å². The van der Waals surface area contributed by atoms with E-state index in [4.69, 9.17) is 11.6 Å². The van der Waals surface area contributed by atoms with Crippen LogP contribution in [-0.2, 0) is 6.54 Å². The summed E-state index contributed by atoms with van der Waals surface area (Å²) in [5, 5.41) is 4.74. The first kappa shape index (κ1) is 15.1. The normalized spacial score (nSPS) is 18.1. The maximum Gasteiger partial charge on any atom is 0.275 e. The van der Waals surface area contributed by atoms with Crippen molar-refractivity contribution < 1.29 is 4.79 Å². The summed E-state index contributed by atoms with van der Waals surface area (Å²) in [6.07, 6.45) is 5.41. The van der Waals surface area contributed by atoms with Crippen molar-refractivity contribution in [2.75, 3.05) is 13.1 Å². The quantitative estimate of drug-likeness (QED) is 0.941. The molecule has 0 spiro atoms. The number of halogens is 1. The van der Waals surface area contributed by atoms with Crippen LogP contribution in [0, 0.1) is 6.92 Å². The first-order valence-corrected chi connectivity index (χ1v) is 8.00. The van der Waals surface area contributed by atoms with Gasteiger partial charge in [-0.25, -0.2) is 4.98 Å². The van der Waals surface area contributed by atoms with Crippen molar-refractivity contribution in [2.24, 2.45) is 0 Å². The van der Waals surface area contributed by atoms with Gasteiger partial charge in [-0.15, -0.1) is 0 Å². The fourth-order valence-corrected chi connectivity index (χ4v) is 3.08. The van der Waals surface area contributed by atoms with Crippen molar-refractivity contribution >= 4 is 17.5 Å². The minimum atomic E-state index is -0.0920. The van der Waals surface area contributed by atoms with Crippen LogP contribution in [-0.4, -0.2) is 43.6 Å². The number of aryl methyl sites for hydroxylation is 2. The SMILES string of the molecule is CCCn1cc(Cl)c(C(=O)N2CC[C@H](c3ncc(C)[nH]3)C2)n1. The van der Waals surface area contributed by atoms with Crippen molar-refractivity contribution in [3.8, 4) is 0 Å². The molecule has 1 saturated heterocycles. The van der Waals surface area contributed by atoms with E-state index in [9.17, 15) is 4.79 Å². The van der Waals surface area contributed by atoms with Gasteiger partial charge in [-0.3, -0.25) is 9.48 Å². The van der Waals surface area contributed by atoms with Crippen molar-refractivity contribution in [1.82, 2.24) is 24.6 Å². The van der Waals surface area contributed by atoms with Gasteiger partial charge in [0.15, 0.2) is 5.69 Å². The summed E-state index contributed by atoms with van der Waals surface area (Å²) in [6, 6.07) is 0. The van der Waals surface area contributed by atoms with Gasteiger partial charge in [-0.05, 0) is 19.8 Å². The molecule has 22 heavy (non-hydrogen) atoms. The van der Waals surface area contributed by atoms with Crippen LogP contribution in [0.5, 0.6) is 0 Å². The van der Waals surface area contributed by atoms with Crippen LogP contribution >= 0.6 is 11.6 Å². The molecule has 1 aliphatic rings. The fraction of sp³-hybridized carbons (Fsp3) is 0.533. The number of aromatic amines is 1. The third-order valence-corrected chi connectivity index (χ3v) is 4.23. The number of likely N-dealkylation sites (tertiary alicyclic amines) is 1. The average Bonchev–Trinajstić information content (AvgIpc) is 3.18. The van der Waals surface area contributed by atoms with Crippen LogP contribution in [0.15, 0.2) is 12.4 Å². The molecular weight excluding hydrogens is 302 g/mol. The molecule has 1 amide bonds. The van der Waals surface area contributed by atoms with E-state index in [0.717, 1.165) is 30.9 Å². The molecular formula is C15H20ClN5O. The Bertz CT molecular complexity index is 677. The minimum absolute atomic E-state index is 0.0920. The number of nitrogens with zero attached hydrogens (tertiary/aromatic N) is 4. The molecule has 0 unspecified atom stereocenters. The van der Waals surface area contributed by atoms with Gasteiger partial charge in [0.2, 0.25) is 0 Å². The summed E-state index contributed by atoms with van der Waals surface area (Å²) >= 11 is 6.16. The molecule has 2 aromatic rings. The average molecular weight is 322 g/mol. The zero-order chi connectivity index (χ0) is 15.7. The topological polar surface area (TPSA) is 66.8 Å². The molecule has 1 N–H and O–H groups in total. The smallest absolute Gasteiger partial charge is 0.275 e. The highest BCUT2D eigenvalue weighted by Crippen LogP contribution is 2.27. The Morgan fingerprint density at radius 2 is 2.36 bits per heavy atom. The zero-order valence-corrected chi connectivity index (χ0v) is 13.6. The van der Waals surface area contributed by atoms with E-state index >= 15 is 0 Å². The first-order chi connectivity index (χ1) is 10.6. The van der Waals surface area contributed by atoms with E-state index in [1.54, 1.807) is 10.9 Å². The minimum Gasteiger partial charge on any atom is -0.346 e. The van der Waals surface area contributed by atoms with Crippen LogP contribution in [0.2, 0.25) is 5.02 Å². The highest BCUT2D eigenvalue weighted by molar-refractivity contribution is 6.33. The number of H-pyrrole nitrogens is 1. The Morgan fingerprint density at radius 1 is 1.55 bits per heavy atom. The molecule has 0 saturated carbocycles. The Hall–Kier alpha value is -1.82. The van der Waals surface area contributed by atoms with E-state index in [2.05, 4.69) is 22.0 Å². The van der Waals surface area contributed by atoms with E-state index in [0.29, 0.717) is 23.8 Å². The van der Waals surface area contributed by atoms with Crippen molar-refractivity contribution in [3.05, 3.63) is 34.6 Å². The number of nitrogens with one attached hydrogen (secondary N) is 1. The van der Waals surface area contributed by atoms with Gasteiger partial charge in [0.05, 0.1) is 5.02 Å². The lowest BCUT2D eigenvalue weighted by atomic mass is 10.1. The van der Waals surface area contributed by atoms with Crippen LogP contribution in [0.4, 0.5) is 0 Å². The number of hydrogen-bond acceptors (Lipinski definition) is 3. The molecule has 118 valence electrons. The summed E-state index contributed by atoms with van der Waals surface area (Å²) in [6.45, 7) is 6.17. The molecule has 0 aliphatic carbocycles. The largest absolute Gasteiger partial charge is 0.346 e. The Balaban J connectivity index is 1.71. The lowest BCUT2D eigenvalue weighted by molar-refractivity contribution is 0.0784. The predicted molar refractivity (Wildman–Crippen MR) is 84.1 cm³/mol. The van der Waals surface area contributed by atoms with Crippen LogP contribution < -0.4 is 0 Å². The summed E-state index contributed by atoms with van der Waals surface area (Å²) in [5.41, 5.74) is 1.40. The van der Waals surface area contributed by atoms with E-state index in [1.165, 1.54) is 0 Å². The van der Waals surface area contributed by atoms with Gasteiger partial charge in [0.1, 0.15) is 5.82 Å². The monoisotopic (exact) mass is 321 g/mol. The number of imidazole rings is 1. The molecule has 1 atom stereocenters. The Labute approximate surface area is 134 Å². The first-order valence-electron chi connectivity index (χ1n) is 7.62. The van der Waals surface area contributed by atoms with Gasteiger partial charge in [-0.2, -0.15) is 5.10 Å². The second-order valence-electron chi connectivity index (χ2n) is 5.78. The van der Waals surface area contributed by atoms with Gasteiger partial charge in [0, 0.05) is 43.6 Å². The molecule has 0 bridgehead atoms. The van der Waals surface area contributed by atoms with Crippen molar-refractivity contribution in [3.63, 3.8) is 0 Å².